The summed E-state index contributed by atoms with van der Waals surface area (Å²) < 4.78 is 0. The van der Waals surface area contributed by atoms with Crippen LogP contribution in [0.2, 0.25) is 0 Å². The minimum atomic E-state index is 0.0142. The number of carbonyl (C=O) groups excluding carboxylic acids is 1. The van der Waals surface area contributed by atoms with Gasteiger partial charge in [-0.2, -0.15) is 0 Å². The summed E-state index contributed by atoms with van der Waals surface area (Å²) in [6, 6.07) is 7.36. The molecule has 0 atom stereocenters. The highest BCUT2D eigenvalue weighted by Gasteiger charge is 2.21. The van der Waals surface area contributed by atoms with E-state index in [1.54, 1.807) is 12.1 Å². The van der Waals surface area contributed by atoms with Gasteiger partial charge in [0.25, 0.3) is 0 Å². The first-order chi connectivity index (χ1) is 9.06. The molecule has 2 amide bonds. The zero-order valence-corrected chi connectivity index (χ0v) is 11.5. The average Bonchev–Trinajstić information content (AvgIpc) is 2.39. The van der Waals surface area contributed by atoms with Gasteiger partial charge in [-0.25, -0.2) is 4.79 Å². The number of piperazine rings is 1. The number of anilines is 1. The summed E-state index contributed by atoms with van der Waals surface area (Å²) >= 11 is 0. The molecule has 0 aromatic heterocycles. The third kappa shape index (κ3) is 3.53. The monoisotopic (exact) mass is 263 g/mol. The van der Waals surface area contributed by atoms with Gasteiger partial charge in [0.05, 0.1) is 0 Å². The van der Waals surface area contributed by atoms with E-state index in [1.165, 1.54) is 0 Å². The summed E-state index contributed by atoms with van der Waals surface area (Å²) in [6.45, 7) is 7.00. The van der Waals surface area contributed by atoms with E-state index in [0.717, 1.165) is 31.9 Å². The first kappa shape index (κ1) is 13.5. The molecule has 0 unspecified atom stereocenters. The number of amides is 2. The van der Waals surface area contributed by atoms with Crippen molar-refractivity contribution in [1.29, 1.82) is 0 Å². The van der Waals surface area contributed by atoms with E-state index < -0.39 is 0 Å². The second kappa shape index (κ2) is 5.82. The molecule has 0 spiro atoms. The maximum atomic E-state index is 11.9. The molecule has 2 N–H and O–H groups in total. The Morgan fingerprint density at radius 1 is 1.16 bits per heavy atom. The number of urea groups is 1. The van der Waals surface area contributed by atoms with Gasteiger partial charge >= 0.3 is 6.03 Å². The van der Waals surface area contributed by atoms with Gasteiger partial charge in [0.2, 0.25) is 0 Å². The molecule has 0 radical (unpaired) electrons. The lowest BCUT2D eigenvalue weighted by Gasteiger charge is -2.36. The highest BCUT2D eigenvalue weighted by molar-refractivity contribution is 5.74. The predicted molar refractivity (Wildman–Crippen MR) is 75.6 cm³/mol. The summed E-state index contributed by atoms with van der Waals surface area (Å²) in [5.74, 6) is 0.277. The van der Waals surface area contributed by atoms with E-state index in [-0.39, 0.29) is 17.8 Å². The number of hydrogen-bond acceptors (Lipinski definition) is 3. The Morgan fingerprint density at radius 2 is 1.74 bits per heavy atom. The number of phenolic OH excluding ortho intramolecular Hbond substituents is 1. The van der Waals surface area contributed by atoms with Crippen LogP contribution in [0.4, 0.5) is 10.5 Å². The van der Waals surface area contributed by atoms with Gasteiger partial charge < -0.3 is 20.2 Å². The van der Waals surface area contributed by atoms with Crippen LogP contribution < -0.4 is 10.2 Å². The Bertz CT molecular complexity index is 423. The van der Waals surface area contributed by atoms with Crippen molar-refractivity contribution in [3.63, 3.8) is 0 Å². The van der Waals surface area contributed by atoms with Crippen LogP contribution >= 0.6 is 0 Å². The zero-order valence-electron chi connectivity index (χ0n) is 11.5. The van der Waals surface area contributed by atoms with Crippen LogP contribution in [0, 0.1) is 0 Å². The SMILES string of the molecule is CC(C)NC(=O)N1CCN(c2ccc(O)cc2)CC1. The average molecular weight is 263 g/mol. The number of hydrogen-bond donors (Lipinski definition) is 2. The molecule has 1 aromatic rings. The lowest BCUT2D eigenvalue weighted by molar-refractivity contribution is 0.192. The largest absolute Gasteiger partial charge is 0.508 e. The van der Waals surface area contributed by atoms with Crippen molar-refractivity contribution in [2.24, 2.45) is 0 Å². The molecule has 104 valence electrons. The number of carbonyl (C=O) groups is 1. The van der Waals surface area contributed by atoms with Crippen molar-refractivity contribution >= 4 is 11.7 Å². The van der Waals surface area contributed by atoms with E-state index in [1.807, 2.05) is 30.9 Å². The Kier molecular flexibility index (Phi) is 4.14. The molecule has 0 saturated carbocycles. The van der Waals surface area contributed by atoms with E-state index in [9.17, 15) is 9.90 Å². The summed E-state index contributed by atoms with van der Waals surface area (Å²) in [5, 5.41) is 12.2. The maximum absolute atomic E-state index is 11.9. The van der Waals surface area contributed by atoms with Crippen molar-refractivity contribution in [3.05, 3.63) is 24.3 Å². The van der Waals surface area contributed by atoms with Crippen molar-refractivity contribution in [3.8, 4) is 5.75 Å². The van der Waals surface area contributed by atoms with E-state index in [0.29, 0.717) is 0 Å². The molecule has 1 aromatic carbocycles. The van der Waals surface area contributed by atoms with Gasteiger partial charge in [0, 0.05) is 37.9 Å². The molecule has 1 aliphatic heterocycles. The summed E-state index contributed by atoms with van der Waals surface area (Å²) in [7, 11) is 0. The summed E-state index contributed by atoms with van der Waals surface area (Å²) in [6.07, 6.45) is 0. The second-order valence-electron chi connectivity index (χ2n) is 5.09. The molecule has 1 fully saturated rings. The Hall–Kier alpha value is -1.91. The van der Waals surface area contributed by atoms with Crippen LogP contribution in [-0.2, 0) is 0 Å². The number of aromatic hydroxyl groups is 1. The van der Waals surface area contributed by atoms with Crippen LogP contribution in [0.15, 0.2) is 24.3 Å². The Balaban J connectivity index is 1.88. The van der Waals surface area contributed by atoms with Crippen molar-refractivity contribution in [2.75, 3.05) is 31.1 Å². The first-order valence-corrected chi connectivity index (χ1v) is 6.65. The number of rotatable bonds is 2. The normalized spacial score (nSPS) is 15.7. The number of benzene rings is 1. The molecule has 19 heavy (non-hydrogen) atoms. The fourth-order valence-electron chi connectivity index (χ4n) is 2.17. The minimum absolute atomic E-state index is 0.0142. The fourth-order valence-corrected chi connectivity index (χ4v) is 2.17. The highest BCUT2D eigenvalue weighted by Crippen LogP contribution is 2.19. The van der Waals surface area contributed by atoms with E-state index in [4.69, 9.17) is 0 Å². The second-order valence-corrected chi connectivity index (χ2v) is 5.09. The highest BCUT2D eigenvalue weighted by atomic mass is 16.3. The van der Waals surface area contributed by atoms with Crippen molar-refractivity contribution in [2.45, 2.75) is 19.9 Å². The summed E-state index contributed by atoms with van der Waals surface area (Å²) in [4.78, 5) is 15.9. The third-order valence-electron chi connectivity index (χ3n) is 3.19. The number of nitrogens with zero attached hydrogens (tertiary/aromatic N) is 2. The zero-order chi connectivity index (χ0) is 13.8. The molecule has 0 bridgehead atoms. The van der Waals surface area contributed by atoms with Gasteiger partial charge in [-0.15, -0.1) is 0 Å². The Morgan fingerprint density at radius 3 is 2.26 bits per heavy atom. The van der Waals surface area contributed by atoms with Crippen molar-refractivity contribution in [1.82, 2.24) is 10.2 Å². The smallest absolute Gasteiger partial charge is 0.317 e. The van der Waals surface area contributed by atoms with Gasteiger partial charge in [0.15, 0.2) is 0 Å². The van der Waals surface area contributed by atoms with Crippen LogP contribution in [0.5, 0.6) is 5.75 Å². The van der Waals surface area contributed by atoms with Crippen LogP contribution in [0.1, 0.15) is 13.8 Å². The van der Waals surface area contributed by atoms with Gasteiger partial charge in [-0.1, -0.05) is 0 Å². The molecule has 1 aliphatic rings. The summed E-state index contributed by atoms with van der Waals surface area (Å²) in [5.41, 5.74) is 1.08. The van der Waals surface area contributed by atoms with Crippen LogP contribution in [-0.4, -0.2) is 48.3 Å². The van der Waals surface area contributed by atoms with Gasteiger partial charge in [0.1, 0.15) is 5.75 Å². The molecule has 0 aliphatic carbocycles. The minimum Gasteiger partial charge on any atom is -0.508 e. The third-order valence-corrected chi connectivity index (χ3v) is 3.19. The fraction of sp³-hybridized carbons (Fsp3) is 0.500. The maximum Gasteiger partial charge on any atom is 0.317 e. The lowest BCUT2D eigenvalue weighted by Crippen LogP contribution is -2.52. The standard InChI is InChI=1S/C14H21N3O2/c1-11(2)15-14(19)17-9-7-16(8-10-17)12-3-5-13(18)6-4-12/h3-6,11,18H,7-10H2,1-2H3,(H,15,19). The van der Waals surface area contributed by atoms with Crippen LogP contribution in [0.25, 0.3) is 0 Å². The van der Waals surface area contributed by atoms with E-state index in [2.05, 4.69) is 10.2 Å². The predicted octanol–water partition coefficient (Wildman–Crippen LogP) is 1.63. The molecular weight excluding hydrogens is 242 g/mol. The van der Waals surface area contributed by atoms with Crippen molar-refractivity contribution < 1.29 is 9.90 Å². The van der Waals surface area contributed by atoms with Crippen LogP contribution in [0.3, 0.4) is 0 Å². The molecule has 5 heteroatoms. The molecular formula is C14H21N3O2. The molecule has 1 saturated heterocycles. The quantitative estimate of drug-likeness (QED) is 0.852. The topological polar surface area (TPSA) is 55.8 Å². The number of nitrogens with one attached hydrogen (secondary N) is 1. The van der Waals surface area contributed by atoms with E-state index >= 15 is 0 Å². The number of phenols is 1. The van der Waals surface area contributed by atoms with Gasteiger partial charge in [-0.3, -0.25) is 0 Å². The molecule has 1 heterocycles. The molecule has 2 rings (SSSR count). The Labute approximate surface area is 113 Å². The first-order valence-electron chi connectivity index (χ1n) is 6.65. The van der Waals surface area contributed by atoms with Gasteiger partial charge in [-0.05, 0) is 38.1 Å². The lowest BCUT2D eigenvalue weighted by atomic mass is 10.2. The molecule has 5 nitrogen and oxygen atoms in total.